The number of cyclic esters (lactones) is 1. The molecule has 1 N–H and O–H groups in total. The summed E-state index contributed by atoms with van der Waals surface area (Å²) in [6, 6.07) is 10.0. The second-order valence-corrected chi connectivity index (χ2v) is 14.9. The van der Waals surface area contributed by atoms with E-state index < -0.39 is 45.4 Å². The van der Waals surface area contributed by atoms with Crippen molar-refractivity contribution in [3.05, 3.63) is 59.7 Å². The molecule has 2 saturated heterocycles. The molecule has 3 saturated carbocycles. The Bertz CT molecular complexity index is 1400. The molecule has 6 aliphatic rings. The quantitative estimate of drug-likeness (QED) is 0.508. The number of halogens is 2. The van der Waals surface area contributed by atoms with E-state index in [1.165, 1.54) is 18.2 Å². The first kappa shape index (κ1) is 28.4. The molecule has 1 aromatic carbocycles. The van der Waals surface area contributed by atoms with E-state index in [9.17, 15) is 19.5 Å². The van der Waals surface area contributed by atoms with Crippen LogP contribution in [0.4, 0.5) is 8.78 Å². The second kappa shape index (κ2) is 9.57. The summed E-state index contributed by atoms with van der Waals surface area (Å²) in [5.41, 5.74) is -4.17. The van der Waals surface area contributed by atoms with Crippen LogP contribution < -0.4 is 0 Å². The largest absolute Gasteiger partial charge is 0.465 e. The monoisotopic (exact) mass is 597 g/mol. The number of ketones is 1. The number of carbonyl (C=O) groups is 3. The summed E-state index contributed by atoms with van der Waals surface area (Å²) in [5.74, 6) is -2.07. The molecule has 7 rings (SSSR count). The van der Waals surface area contributed by atoms with E-state index in [2.05, 4.69) is 17.0 Å². The first-order valence-electron chi connectivity index (χ1n) is 15.0. The Morgan fingerprint density at radius 2 is 1.93 bits per heavy atom. The SMILES string of the molecule is C[C@]12C=CC(=O)C=C1[C@@H](F)C[C@H]1[C@@H]3C[C@H]4CN(Cc5ccccc5)C[C@@]4(C(=O)SC4CCOC4=O)[C@@]3(C)C[C@H](O)[C@@]12F. The Kier molecular flexibility index (Phi) is 6.47. The van der Waals surface area contributed by atoms with E-state index in [4.69, 9.17) is 4.74 Å². The van der Waals surface area contributed by atoms with Crippen LogP contribution in [0.25, 0.3) is 0 Å². The van der Waals surface area contributed by atoms with Crippen LogP contribution in [-0.2, 0) is 25.7 Å². The number of esters is 1. The molecule has 4 aliphatic carbocycles. The minimum absolute atomic E-state index is 0.0450. The molecule has 2 heterocycles. The molecule has 6 nitrogen and oxygen atoms in total. The molecule has 0 aromatic heterocycles. The Hall–Kier alpha value is -2.36. The van der Waals surface area contributed by atoms with E-state index >= 15 is 8.78 Å². The van der Waals surface area contributed by atoms with Crippen molar-refractivity contribution in [1.29, 1.82) is 0 Å². The fraction of sp³-hybridized carbons (Fsp3) is 0.606. The molecule has 0 spiro atoms. The van der Waals surface area contributed by atoms with Crippen molar-refractivity contribution in [3.8, 4) is 0 Å². The van der Waals surface area contributed by atoms with Crippen LogP contribution in [0.2, 0.25) is 0 Å². The van der Waals surface area contributed by atoms with Gasteiger partial charge >= 0.3 is 5.97 Å². The zero-order valence-electron chi connectivity index (χ0n) is 23.9. The number of allylic oxidation sites excluding steroid dienone is 4. The molecule has 10 atom stereocenters. The highest BCUT2D eigenvalue weighted by atomic mass is 32.2. The van der Waals surface area contributed by atoms with Crippen LogP contribution in [0.1, 0.15) is 45.1 Å². The number of ether oxygens (including phenoxy) is 1. The summed E-state index contributed by atoms with van der Waals surface area (Å²) < 4.78 is 38.8. The summed E-state index contributed by atoms with van der Waals surface area (Å²) in [6.45, 7) is 5.60. The lowest BCUT2D eigenvalue weighted by Crippen LogP contribution is -2.69. The molecule has 1 unspecified atom stereocenters. The van der Waals surface area contributed by atoms with Gasteiger partial charge in [0.1, 0.15) is 11.4 Å². The van der Waals surface area contributed by atoms with Crippen LogP contribution in [0.15, 0.2) is 54.1 Å². The van der Waals surface area contributed by atoms with Crippen molar-refractivity contribution >= 4 is 28.6 Å². The molecule has 1 aromatic rings. The van der Waals surface area contributed by atoms with Gasteiger partial charge in [-0.1, -0.05) is 55.1 Å². The van der Waals surface area contributed by atoms with Gasteiger partial charge in [0.05, 0.1) is 18.1 Å². The highest BCUT2D eigenvalue weighted by molar-refractivity contribution is 8.14. The zero-order chi connectivity index (χ0) is 29.7. The third kappa shape index (κ3) is 3.65. The molecule has 42 heavy (non-hydrogen) atoms. The number of aliphatic hydroxyl groups is 1. The Morgan fingerprint density at radius 1 is 1.17 bits per heavy atom. The van der Waals surface area contributed by atoms with Gasteiger partial charge in [-0.15, -0.1) is 0 Å². The number of thioether (sulfide) groups is 1. The summed E-state index contributed by atoms with van der Waals surface area (Å²) in [7, 11) is 0. The smallest absolute Gasteiger partial charge is 0.319 e. The van der Waals surface area contributed by atoms with Gasteiger partial charge in [-0.3, -0.25) is 19.3 Å². The molecular formula is C33H37F2NO5S. The van der Waals surface area contributed by atoms with Crippen LogP contribution in [-0.4, -0.2) is 69.8 Å². The lowest BCUT2D eigenvalue weighted by Gasteiger charge is -2.63. The van der Waals surface area contributed by atoms with Gasteiger partial charge in [-0.2, -0.15) is 0 Å². The van der Waals surface area contributed by atoms with Crippen molar-refractivity contribution in [2.75, 3.05) is 19.7 Å². The van der Waals surface area contributed by atoms with Crippen molar-refractivity contribution in [2.24, 2.45) is 34.0 Å². The number of alkyl halides is 2. The number of rotatable bonds is 4. The topological polar surface area (TPSA) is 83.9 Å². The molecule has 0 amide bonds. The van der Waals surface area contributed by atoms with E-state index in [0.717, 1.165) is 17.3 Å². The van der Waals surface area contributed by atoms with Gasteiger partial charge in [0.2, 0.25) is 0 Å². The van der Waals surface area contributed by atoms with Gasteiger partial charge in [-0.05, 0) is 66.7 Å². The van der Waals surface area contributed by atoms with Crippen molar-refractivity contribution in [1.82, 2.24) is 4.90 Å². The highest BCUT2D eigenvalue weighted by Crippen LogP contribution is 2.75. The maximum Gasteiger partial charge on any atom is 0.319 e. The number of benzene rings is 1. The second-order valence-electron chi connectivity index (χ2n) is 13.8. The average Bonchev–Trinajstić information content (AvgIpc) is 3.59. The van der Waals surface area contributed by atoms with Crippen molar-refractivity contribution in [2.45, 2.75) is 69.3 Å². The van der Waals surface area contributed by atoms with E-state index in [-0.39, 0.29) is 53.7 Å². The first-order chi connectivity index (χ1) is 19.9. The number of hydrogen-bond acceptors (Lipinski definition) is 7. The Morgan fingerprint density at radius 3 is 2.64 bits per heavy atom. The van der Waals surface area contributed by atoms with E-state index in [0.29, 0.717) is 32.5 Å². The molecule has 224 valence electrons. The molecule has 0 bridgehead atoms. The van der Waals surface area contributed by atoms with Crippen LogP contribution in [0, 0.1) is 34.0 Å². The Labute approximate surface area is 248 Å². The van der Waals surface area contributed by atoms with Crippen LogP contribution >= 0.6 is 11.8 Å². The molecule has 0 radical (unpaired) electrons. The van der Waals surface area contributed by atoms with Crippen molar-refractivity contribution in [3.63, 3.8) is 0 Å². The van der Waals surface area contributed by atoms with Gasteiger partial charge in [0.25, 0.3) is 0 Å². The fourth-order valence-corrected chi connectivity index (χ4v) is 11.3. The fourth-order valence-electron chi connectivity index (χ4n) is 9.99. The Balaban J connectivity index is 1.29. The number of carbonyl (C=O) groups excluding carboxylic acids is 3. The molecule has 2 aliphatic heterocycles. The van der Waals surface area contributed by atoms with Gasteiger partial charge in [0, 0.05) is 37.4 Å². The van der Waals surface area contributed by atoms with Gasteiger partial charge in [-0.25, -0.2) is 8.78 Å². The summed E-state index contributed by atoms with van der Waals surface area (Å²) in [4.78, 5) is 41.4. The normalized spacial score (nSPS) is 46.0. The minimum atomic E-state index is -2.18. The average molecular weight is 598 g/mol. The van der Waals surface area contributed by atoms with Crippen LogP contribution in [0.3, 0.4) is 0 Å². The van der Waals surface area contributed by atoms with Gasteiger partial charge in [0.15, 0.2) is 16.6 Å². The van der Waals surface area contributed by atoms with Gasteiger partial charge < -0.3 is 9.84 Å². The lowest BCUT2D eigenvalue weighted by molar-refractivity contribution is -0.210. The summed E-state index contributed by atoms with van der Waals surface area (Å²) in [6.07, 6.45) is 1.87. The van der Waals surface area contributed by atoms with E-state index in [1.807, 2.05) is 25.1 Å². The molecular weight excluding hydrogens is 560 g/mol. The number of nitrogens with zero attached hydrogens (tertiary/aromatic N) is 1. The maximum atomic E-state index is 17.7. The minimum Gasteiger partial charge on any atom is -0.465 e. The number of aliphatic hydroxyl groups excluding tert-OH is 1. The van der Waals surface area contributed by atoms with Crippen LogP contribution in [0.5, 0.6) is 0 Å². The first-order valence-corrected chi connectivity index (χ1v) is 15.9. The maximum absolute atomic E-state index is 17.7. The number of hydrogen-bond donors (Lipinski definition) is 1. The van der Waals surface area contributed by atoms with E-state index in [1.54, 1.807) is 6.92 Å². The molecule has 9 heteroatoms. The third-order valence-electron chi connectivity index (χ3n) is 12.0. The molecule has 5 fully saturated rings. The standard InChI is InChI=1S/C33H37F2NO5S/c1-30-10-8-21(37)13-24(30)25(34)14-23-22-12-20-17-36(16-19-6-4-3-5-7-19)18-32(20,29(40)42-26-9-11-41-28(26)39)31(22,2)15-27(38)33(23,30)35/h3-8,10,13,20,22-23,25-27,38H,9,11-12,14-18H2,1-2H3/t20-,22-,23-,25-,26?,27-,30-,31-,32+,33-/m0/s1. The third-order valence-corrected chi connectivity index (χ3v) is 13.3. The highest BCUT2D eigenvalue weighted by Gasteiger charge is 2.78. The predicted octanol–water partition coefficient (Wildman–Crippen LogP) is 4.61. The van der Waals surface area contributed by atoms with Crippen molar-refractivity contribution < 1.29 is 33.0 Å². The summed E-state index contributed by atoms with van der Waals surface area (Å²) >= 11 is 1.04. The zero-order valence-corrected chi connectivity index (χ0v) is 24.7. The summed E-state index contributed by atoms with van der Waals surface area (Å²) in [5, 5.41) is 11.2. The number of likely N-dealkylation sites (tertiary alicyclic amines) is 1. The number of fused-ring (bicyclic) bond motifs is 7. The lowest BCUT2D eigenvalue weighted by atomic mass is 9.43. The predicted molar refractivity (Wildman–Crippen MR) is 154 cm³/mol.